The fourth-order valence-electron chi connectivity index (χ4n) is 3.10. The molecule has 3 heteroatoms. The minimum atomic E-state index is -0.322. The Bertz CT molecular complexity index is 906. The van der Waals surface area contributed by atoms with Crippen LogP contribution in [-0.4, -0.2) is 0 Å². The van der Waals surface area contributed by atoms with Crippen molar-refractivity contribution in [1.29, 1.82) is 0 Å². The Morgan fingerprint density at radius 2 is 1.56 bits per heavy atom. The van der Waals surface area contributed by atoms with Gasteiger partial charge < -0.3 is 4.74 Å². The third-order valence-electron chi connectivity index (χ3n) is 4.37. The largest absolute Gasteiger partial charge is 0.471 e. The van der Waals surface area contributed by atoms with Gasteiger partial charge in [-0.3, -0.25) is 4.90 Å². The lowest BCUT2D eigenvalue weighted by Crippen LogP contribution is -2.23. The number of benzene rings is 3. The molecular weight excluding hydrogens is 313 g/mol. The van der Waals surface area contributed by atoms with E-state index in [1.807, 2.05) is 42.5 Å². The van der Waals surface area contributed by atoms with E-state index in [9.17, 15) is 4.39 Å². The summed E-state index contributed by atoms with van der Waals surface area (Å²) in [5, 5.41) is 0. The molecule has 0 amide bonds. The van der Waals surface area contributed by atoms with Crippen LogP contribution in [0, 0.1) is 12.7 Å². The zero-order valence-electron chi connectivity index (χ0n) is 13.9. The van der Waals surface area contributed by atoms with E-state index >= 15 is 0 Å². The van der Waals surface area contributed by atoms with E-state index in [4.69, 9.17) is 4.74 Å². The van der Waals surface area contributed by atoms with Crippen LogP contribution in [-0.2, 0) is 4.74 Å². The predicted molar refractivity (Wildman–Crippen MR) is 98.3 cm³/mol. The maximum Gasteiger partial charge on any atom is 0.202 e. The number of halogens is 1. The molecule has 4 rings (SSSR count). The van der Waals surface area contributed by atoms with Gasteiger partial charge in [0.25, 0.3) is 0 Å². The first kappa shape index (κ1) is 15.5. The van der Waals surface area contributed by atoms with Crippen LogP contribution in [0.15, 0.2) is 85.1 Å². The maximum atomic E-state index is 13.7. The normalized spacial score (nSPS) is 16.5. The minimum Gasteiger partial charge on any atom is -0.471 e. The van der Waals surface area contributed by atoms with Crippen LogP contribution in [0.1, 0.15) is 22.9 Å². The van der Waals surface area contributed by atoms with E-state index < -0.39 is 0 Å². The number of aryl methyl sites for hydroxylation is 1. The monoisotopic (exact) mass is 331 g/mol. The van der Waals surface area contributed by atoms with Crippen molar-refractivity contribution in [1.82, 2.24) is 0 Å². The lowest BCUT2D eigenvalue weighted by atomic mass is 10.1. The van der Waals surface area contributed by atoms with Crippen molar-refractivity contribution in [2.75, 3.05) is 4.90 Å². The highest BCUT2D eigenvalue weighted by atomic mass is 19.1. The Morgan fingerprint density at radius 1 is 0.880 bits per heavy atom. The fourth-order valence-corrected chi connectivity index (χ4v) is 3.10. The summed E-state index contributed by atoms with van der Waals surface area (Å²) < 4.78 is 19.7. The molecule has 0 bridgehead atoms. The van der Waals surface area contributed by atoms with Gasteiger partial charge in [-0.05, 0) is 36.8 Å². The van der Waals surface area contributed by atoms with E-state index in [1.165, 1.54) is 6.07 Å². The van der Waals surface area contributed by atoms with E-state index in [2.05, 4.69) is 29.2 Å². The molecule has 0 radical (unpaired) electrons. The number of hydrogen-bond acceptors (Lipinski definition) is 2. The first-order valence-corrected chi connectivity index (χ1v) is 8.25. The van der Waals surface area contributed by atoms with Crippen LogP contribution in [0.4, 0.5) is 10.1 Å². The van der Waals surface area contributed by atoms with Crippen LogP contribution >= 0.6 is 0 Å². The van der Waals surface area contributed by atoms with Crippen LogP contribution in [0.25, 0.3) is 5.70 Å². The van der Waals surface area contributed by atoms with Crippen LogP contribution in [0.3, 0.4) is 0 Å². The lowest BCUT2D eigenvalue weighted by Gasteiger charge is -2.28. The molecule has 2 nitrogen and oxygen atoms in total. The summed E-state index contributed by atoms with van der Waals surface area (Å²) in [6.07, 6.45) is 1.46. The smallest absolute Gasteiger partial charge is 0.202 e. The van der Waals surface area contributed by atoms with E-state index in [0.717, 1.165) is 22.5 Å². The quantitative estimate of drug-likeness (QED) is 0.613. The van der Waals surface area contributed by atoms with Crippen LogP contribution < -0.4 is 4.90 Å². The molecule has 0 saturated heterocycles. The maximum absolute atomic E-state index is 13.7. The molecule has 124 valence electrons. The summed E-state index contributed by atoms with van der Waals surface area (Å²) in [4.78, 5) is 2.14. The summed E-state index contributed by atoms with van der Waals surface area (Å²) in [7, 11) is 0. The second-order valence-electron chi connectivity index (χ2n) is 6.07. The molecule has 1 aliphatic rings. The Balaban J connectivity index is 1.79. The first-order chi connectivity index (χ1) is 12.2. The highest BCUT2D eigenvalue weighted by molar-refractivity contribution is 5.81. The predicted octanol–water partition coefficient (Wildman–Crippen LogP) is 5.67. The van der Waals surface area contributed by atoms with Gasteiger partial charge >= 0.3 is 0 Å². The van der Waals surface area contributed by atoms with Gasteiger partial charge in [-0.25, -0.2) is 4.39 Å². The van der Waals surface area contributed by atoms with Gasteiger partial charge in [0.1, 0.15) is 12.1 Å². The Kier molecular flexibility index (Phi) is 3.98. The van der Waals surface area contributed by atoms with Crippen molar-refractivity contribution in [2.24, 2.45) is 0 Å². The summed E-state index contributed by atoms with van der Waals surface area (Å²) in [5.74, 6) is -0.204. The van der Waals surface area contributed by atoms with Crippen molar-refractivity contribution in [3.63, 3.8) is 0 Å². The molecule has 0 saturated carbocycles. The molecule has 3 aromatic rings. The molecule has 1 aliphatic heterocycles. The lowest BCUT2D eigenvalue weighted by molar-refractivity contribution is 0.174. The van der Waals surface area contributed by atoms with Crippen molar-refractivity contribution < 1.29 is 9.13 Å². The standard InChI is InChI=1S/C22H18FNO/c1-16-14-18(12-13-20(16)23)22-24(19-10-6-3-7-11-19)21(15-25-22)17-8-4-2-5-9-17/h2-15,22H,1H3. The average Bonchev–Trinajstić information content (AvgIpc) is 3.10. The minimum absolute atomic E-state index is 0.204. The Labute approximate surface area is 146 Å². The Hall–Kier alpha value is -3.07. The van der Waals surface area contributed by atoms with E-state index in [-0.39, 0.29) is 12.0 Å². The number of nitrogens with zero attached hydrogens (tertiary/aromatic N) is 1. The summed E-state index contributed by atoms with van der Waals surface area (Å²) in [6, 6.07) is 25.4. The molecule has 0 aliphatic carbocycles. The van der Waals surface area contributed by atoms with Crippen molar-refractivity contribution in [3.8, 4) is 0 Å². The number of anilines is 1. The molecular formula is C22H18FNO. The second kappa shape index (κ2) is 6.44. The highest BCUT2D eigenvalue weighted by Crippen LogP contribution is 2.41. The summed E-state index contributed by atoms with van der Waals surface area (Å²) in [5.41, 5.74) is 4.63. The number of rotatable bonds is 3. The summed E-state index contributed by atoms with van der Waals surface area (Å²) >= 11 is 0. The van der Waals surface area contributed by atoms with E-state index in [0.29, 0.717) is 5.56 Å². The SMILES string of the molecule is Cc1cc(C2OC=C(c3ccccc3)N2c2ccccc2)ccc1F. The third-order valence-corrected chi connectivity index (χ3v) is 4.37. The van der Waals surface area contributed by atoms with Gasteiger partial charge in [-0.2, -0.15) is 0 Å². The molecule has 0 fully saturated rings. The fraction of sp³-hybridized carbons (Fsp3) is 0.0909. The van der Waals surface area contributed by atoms with Gasteiger partial charge in [0, 0.05) is 16.8 Å². The van der Waals surface area contributed by atoms with Gasteiger partial charge in [-0.15, -0.1) is 0 Å². The molecule has 0 aromatic heterocycles. The van der Waals surface area contributed by atoms with Gasteiger partial charge in [0.15, 0.2) is 0 Å². The molecule has 25 heavy (non-hydrogen) atoms. The van der Waals surface area contributed by atoms with Crippen molar-refractivity contribution >= 4 is 11.4 Å². The van der Waals surface area contributed by atoms with Crippen LogP contribution in [0.5, 0.6) is 0 Å². The van der Waals surface area contributed by atoms with Gasteiger partial charge in [0.05, 0.1) is 5.70 Å². The zero-order valence-corrected chi connectivity index (χ0v) is 13.9. The third kappa shape index (κ3) is 2.89. The van der Waals surface area contributed by atoms with Crippen molar-refractivity contribution in [2.45, 2.75) is 13.2 Å². The first-order valence-electron chi connectivity index (χ1n) is 8.25. The number of hydrogen-bond donors (Lipinski definition) is 0. The second-order valence-corrected chi connectivity index (χ2v) is 6.07. The molecule has 0 N–H and O–H groups in total. The number of para-hydroxylation sites is 1. The summed E-state index contributed by atoms with van der Waals surface area (Å²) in [6.45, 7) is 1.77. The molecule has 3 aromatic carbocycles. The zero-order chi connectivity index (χ0) is 17.2. The average molecular weight is 331 g/mol. The Morgan fingerprint density at radius 3 is 2.24 bits per heavy atom. The molecule has 1 heterocycles. The van der Waals surface area contributed by atoms with Crippen LogP contribution in [0.2, 0.25) is 0 Å². The topological polar surface area (TPSA) is 12.5 Å². The molecule has 0 spiro atoms. The molecule has 1 unspecified atom stereocenters. The number of ether oxygens (including phenoxy) is 1. The van der Waals surface area contributed by atoms with Gasteiger partial charge in [0.2, 0.25) is 6.23 Å². The molecule has 1 atom stereocenters. The van der Waals surface area contributed by atoms with E-state index in [1.54, 1.807) is 19.3 Å². The van der Waals surface area contributed by atoms with Gasteiger partial charge in [-0.1, -0.05) is 54.6 Å². The highest BCUT2D eigenvalue weighted by Gasteiger charge is 2.31. The van der Waals surface area contributed by atoms with Crippen molar-refractivity contribution in [3.05, 3.63) is 108 Å².